The molecule has 0 bridgehead atoms. The van der Waals surface area contributed by atoms with E-state index < -0.39 is 59.7 Å². The van der Waals surface area contributed by atoms with Crippen LogP contribution in [0.1, 0.15) is 45.4 Å². The molecule has 4 amide bonds. The van der Waals surface area contributed by atoms with Gasteiger partial charge in [0, 0.05) is 13.0 Å². The number of unbranched alkanes of at least 4 members (excludes halogenated alkanes) is 1. The van der Waals surface area contributed by atoms with Crippen LogP contribution in [0.5, 0.6) is 0 Å². The normalized spacial score (nSPS) is 14.3. The van der Waals surface area contributed by atoms with Gasteiger partial charge in [0.05, 0.1) is 12.5 Å². The van der Waals surface area contributed by atoms with Crippen LogP contribution < -0.4 is 33.2 Å². The van der Waals surface area contributed by atoms with Gasteiger partial charge in [-0.05, 0) is 32.6 Å². The number of primary amides is 1. The molecule has 0 aliphatic rings. The number of carbonyl (C=O) groups is 6. The fourth-order valence-electron chi connectivity index (χ4n) is 2.45. The molecule has 0 rings (SSSR count). The lowest BCUT2D eigenvalue weighted by molar-refractivity contribution is -0.142. The Kier molecular flexibility index (Phi) is 13.2. The molecule has 0 spiro atoms. The predicted octanol–water partition coefficient (Wildman–Crippen LogP) is -3.26. The number of carboxylic acid groups (broad SMARTS) is 2. The molecule has 14 nitrogen and oxygen atoms in total. The van der Waals surface area contributed by atoms with Gasteiger partial charge in [0.15, 0.2) is 0 Å². The fraction of sp³-hybridized carbons (Fsp3) is 0.667. The smallest absolute Gasteiger partial charge is 0.326 e. The molecule has 0 saturated heterocycles. The van der Waals surface area contributed by atoms with Crippen LogP contribution in [0.25, 0.3) is 0 Å². The number of nitrogens with one attached hydrogen (secondary N) is 3. The second-order valence-corrected chi connectivity index (χ2v) is 7.24. The second-order valence-electron chi connectivity index (χ2n) is 7.24. The van der Waals surface area contributed by atoms with Crippen LogP contribution in [0.4, 0.5) is 0 Å². The average molecular weight is 460 g/mol. The van der Waals surface area contributed by atoms with Crippen molar-refractivity contribution in [2.75, 3.05) is 6.54 Å². The van der Waals surface area contributed by atoms with Crippen LogP contribution in [0, 0.1) is 0 Å². The minimum atomic E-state index is -1.30. The summed E-state index contributed by atoms with van der Waals surface area (Å²) in [6, 6.07) is -4.49. The van der Waals surface area contributed by atoms with E-state index in [9.17, 15) is 33.9 Å². The Labute approximate surface area is 184 Å². The lowest BCUT2D eigenvalue weighted by Gasteiger charge is -2.18. The molecule has 14 heteroatoms. The molecule has 4 unspecified atom stereocenters. The molecule has 0 saturated carbocycles. The van der Waals surface area contributed by atoms with Gasteiger partial charge < -0.3 is 43.4 Å². The highest BCUT2D eigenvalue weighted by atomic mass is 16.4. The van der Waals surface area contributed by atoms with Gasteiger partial charge in [-0.1, -0.05) is 0 Å². The number of carbonyl (C=O) groups excluding carboxylic acids is 4. The topological polar surface area (TPSA) is 257 Å². The Bertz CT molecular complexity index is 699. The summed E-state index contributed by atoms with van der Waals surface area (Å²) < 4.78 is 0. The summed E-state index contributed by atoms with van der Waals surface area (Å²) in [5.41, 5.74) is 15.8. The van der Waals surface area contributed by atoms with Gasteiger partial charge in [-0.15, -0.1) is 0 Å². The zero-order chi connectivity index (χ0) is 24.8. The molecule has 32 heavy (non-hydrogen) atoms. The van der Waals surface area contributed by atoms with E-state index in [1.807, 2.05) is 0 Å². The number of hydrogen-bond donors (Lipinski definition) is 8. The minimum absolute atomic E-state index is 0.0757. The summed E-state index contributed by atoms with van der Waals surface area (Å²) in [5.74, 6) is -5.20. The first-order valence-corrected chi connectivity index (χ1v) is 9.97. The summed E-state index contributed by atoms with van der Waals surface area (Å²) in [7, 11) is 0. The van der Waals surface area contributed by atoms with Crippen molar-refractivity contribution in [1.29, 1.82) is 0 Å². The standard InChI is InChI=1S/C18H32N6O8/c1-9(19)16(28)24-11(15(21)27)5-6-13(25)23-12(18(31)32)4-2-3-7-22-14(26)8-10(20)17(29)30/h9-12H,2-8,19-20H2,1H3,(H2,21,27)(H,22,26)(H,23,25)(H,24,28)(H,29,30)(H,31,32). The maximum Gasteiger partial charge on any atom is 0.326 e. The SMILES string of the molecule is CC(N)C(=O)NC(CCC(=O)NC(CCCCNC(=O)CC(N)C(=O)O)C(=O)O)C(N)=O. The molecule has 11 N–H and O–H groups in total. The minimum Gasteiger partial charge on any atom is -0.480 e. The van der Waals surface area contributed by atoms with Crippen molar-refractivity contribution < 1.29 is 39.0 Å². The highest BCUT2D eigenvalue weighted by Crippen LogP contribution is 2.04. The molecule has 0 aliphatic carbocycles. The van der Waals surface area contributed by atoms with Gasteiger partial charge in [-0.2, -0.15) is 0 Å². The van der Waals surface area contributed by atoms with Crippen LogP contribution in [-0.2, 0) is 28.8 Å². The summed E-state index contributed by atoms with van der Waals surface area (Å²) in [6.45, 7) is 1.60. The van der Waals surface area contributed by atoms with Crippen molar-refractivity contribution in [3.8, 4) is 0 Å². The molecule has 0 fully saturated rings. The van der Waals surface area contributed by atoms with Crippen LogP contribution in [0.15, 0.2) is 0 Å². The van der Waals surface area contributed by atoms with Crippen molar-refractivity contribution >= 4 is 35.6 Å². The van der Waals surface area contributed by atoms with Gasteiger partial charge in [0.2, 0.25) is 23.6 Å². The molecule has 0 aromatic heterocycles. The third-order valence-corrected chi connectivity index (χ3v) is 4.33. The van der Waals surface area contributed by atoms with Crippen molar-refractivity contribution in [3.05, 3.63) is 0 Å². The van der Waals surface area contributed by atoms with Crippen molar-refractivity contribution in [2.24, 2.45) is 17.2 Å². The highest BCUT2D eigenvalue weighted by Gasteiger charge is 2.23. The zero-order valence-electron chi connectivity index (χ0n) is 17.8. The number of amides is 4. The monoisotopic (exact) mass is 460 g/mol. The maximum atomic E-state index is 12.1. The Hall–Kier alpha value is -3.26. The second kappa shape index (κ2) is 14.7. The average Bonchev–Trinajstić information content (AvgIpc) is 2.68. The number of nitrogens with two attached hydrogens (primary N) is 3. The molecule has 0 aromatic carbocycles. The van der Waals surface area contributed by atoms with Crippen molar-refractivity contribution in [2.45, 2.75) is 69.6 Å². The molecular formula is C18H32N6O8. The number of aliphatic carboxylic acids is 2. The first-order valence-electron chi connectivity index (χ1n) is 9.97. The molecule has 0 radical (unpaired) electrons. The van der Waals surface area contributed by atoms with E-state index in [0.717, 1.165) is 0 Å². The van der Waals surface area contributed by atoms with E-state index in [0.29, 0.717) is 12.8 Å². The van der Waals surface area contributed by atoms with E-state index in [1.54, 1.807) is 0 Å². The van der Waals surface area contributed by atoms with Gasteiger partial charge in [0.25, 0.3) is 0 Å². The molecular weight excluding hydrogens is 428 g/mol. The van der Waals surface area contributed by atoms with Crippen LogP contribution in [-0.4, -0.2) is 76.5 Å². The van der Waals surface area contributed by atoms with E-state index >= 15 is 0 Å². The van der Waals surface area contributed by atoms with Crippen molar-refractivity contribution in [1.82, 2.24) is 16.0 Å². The Balaban J connectivity index is 4.39. The summed E-state index contributed by atoms with van der Waals surface area (Å²) in [6.07, 6.45) is 0.0525. The van der Waals surface area contributed by atoms with Gasteiger partial charge in [-0.3, -0.25) is 24.0 Å². The Morgan fingerprint density at radius 2 is 1.47 bits per heavy atom. The van der Waals surface area contributed by atoms with Gasteiger partial charge >= 0.3 is 11.9 Å². The van der Waals surface area contributed by atoms with E-state index in [2.05, 4.69) is 16.0 Å². The quantitative estimate of drug-likeness (QED) is 0.107. The first-order chi connectivity index (χ1) is 14.8. The molecule has 0 aromatic rings. The largest absolute Gasteiger partial charge is 0.480 e. The van der Waals surface area contributed by atoms with Crippen molar-refractivity contribution in [3.63, 3.8) is 0 Å². The number of hydrogen-bond acceptors (Lipinski definition) is 8. The lowest BCUT2D eigenvalue weighted by atomic mass is 10.1. The lowest BCUT2D eigenvalue weighted by Crippen LogP contribution is -2.50. The van der Waals surface area contributed by atoms with Crippen LogP contribution in [0.2, 0.25) is 0 Å². The number of carboxylic acids is 2. The zero-order valence-corrected chi connectivity index (χ0v) is 17.8. The molecule has 0 heterocycles. The van der Waals surface area contributed by atoms with Gasteiger partial charge in [0.1, 0.15) is 18.1 Å². The third-order valence-electron chi connectivity index (χ3n) is 4.33. The number of rotatable bonds is 16. The van der Waals surface area contributed by atoms with Gasteiger partial charge in [-0.25, -0.2) is 4.79 Å². The summed E-state index contributed by atoms with van der Waals surface area (Å²) in [5, 5.41) is 25.0. The third kappa shape index (κ3) is 12.4. The molecule has 4 atom stereocenters. The van der Waals surface area contributed by atoms with Crippen LogP contribution >= 0.6 is 0 Å². The van der Waals surface area contributed by atoms with Crippen LogP contribution in [0.3, 0.4) is 0 Å². The molecule has 182 valence electrons. The maximum absolute atomic E-state index is 12.1. The first kappa shape index (κ1) is 28.7. The highest BCUT2D eigenvalue weighted by molar-refractivity contribution is 5.89. The molecule has 0 aliphatic heterocycles. The van der Waals surface area contributed by atoms with E-state index in [1.165, 1.54) is 6.92 Å². The van der Waals surface area contributed by atoms with E-state index in [-0.39, 0.29) is 32.2 Å². The summed E-state index contributed by atoms with van der Waals surface area (Å²) in [4.78, 5) is 68.5. The van der Waals surface area contributed by atoms with E-state index in [4.69, 9.17) is 22.3 Å². The Morgan fingerprint density at radius 1 is 0.844 bits per heavy atom. The Morgan fingerprint density at radius 3 is 1.97 bits per heavy atom. The fourth-order valence-corrected chi connectivity index (χ4v) is 2.45. The summed E-state index contributed by atoms with van der Waals surface area (Å²) >= 11 is 0. The predicted molar refractivity (Wildman–Crippen MR) is 111 cm³/mol.